The Hall–Kier alpha value is -1.59. The van der Waals surface area contributed by atoms with Crippen molar-refractivity contribution >= 4 is 28.4 Å². The number of halogens is 1. The van der Waals surface area contributed by atoms with Gasteiger partial charge in [-0.2, -0.15) is 5.10 Å². The van der Waals surface area contributed by atoms with Crippen LogP contribution in [0.5, 0.6) is 0 Å². The van der Waals surface area contributed by atoms with Gasteiger partial charge in [0.15, 0.2) is 0 Å². The standard InChI is InChI=1S/C16H20ClN3O2/c1-11-9-19(10-12(2)22-11)16(21)5-6-20-15-4-3-14(17)7-13(15)8-18-20/h3-4,7-8,11-12H,5-6,9-10H2,1-2H3. The second-order valence-corrected chi connectivity index (χ2v) is 6.31. The van der Waals surface area contributed by atoms with E-state index >= 15 is 0 Å². The van der Waals surface area contributed by atoms with Crippen molar-refractivity contribution in [2.45, 2.75) is 39.0 Å². The molecule has 1 aliphatic heterocycles. The van der Waals surface area contributed by atoms with Crippen molar-refractivity contribution in [1.29, 1.82) is 0 Å². The van der Waals surface area contributed by atoms with Crippen molar-refractivity contribution < 1.29 is 9.53 Å². The quantitative estimate of drug-likeness (QED) is 0.873. The number of hydrogen-bond acceptors (Lipinski definition) is 3. The Bertz CT molecular complexity index is 675. The molecule has 1 aliphatic rings. The molecule has 2 atom stereocenters. The highest BCUT2D eigenvalue weighted by Crippen LogP contribution is 2.19. The number of benzene rings is 1. The summed E-state index contributed by atoms with van der Waals surface area (Å²) in [6, 6.07) is 5.66. The van der Waals surface area contributed by atoms with Gasteiger partial charge < -0.3 is 9.64 Å². The first-order valence-corrected chi connectivity index (χ1v) is 7.95. The third kappa shape index (κ3) is 3.25. The fraction of sp³-hybridized carbons (Fsp3) is 0.500. The summed E-state index contributed by atoms with van der Waals surface area (Å²) in [5.41, 5.74) is 1.00. The molecule has 0 spiro atoms. The number of carbonyl (C=O) groups excluding carboxylic acids is 1. The van der Waals surface area contributed by atoms with E-state index in [4.69, 9.17) is 16.3 Å². The number of nitrogens with zero attached hydrogens (tertiary/aromatic N) is 3. The smallest absolute Gasteiger partial charge is 0.224 e. The second kappa shape index (κ2) is 6.26. The van der Waals surface area contributed by atoms with Gasteiger partial charge in [-0.25, -0.2) is 0 Å². The minimum atomic E-state index is 0.0976. The highest BCUT2D eigenvalue weighted by molar-refractivity contribution is 6.31. The number of aryl methyl sites for hydroxylation is 1. The van der Waals surface area contributed by atoms with E-state index in [1.807, 2.05) is 41.6 Å². The summed E-state index contributed by atoms with van der Waals surface area (Å²) in [7, 11) is 0. The molecular formula is C16H20ClN3O2. The molecule has 5 nitrogen and oxygen atoms in total. The van der Waals surface area contributed by atoms with Crippen LogP contribution in [0.1, 0.15) is 20.3 Å². The predicted molar refractivity (Wildman–Crippen MR) is 85.9 cm³/mol. The van der Waals surface area contributed by atoms with Crippen molar-refractivity contribution in [3.05, 3.63) is 29.4 Å². The van der Waals surface area contributed by atoms with Gasteiger partial charge >= 0.3 is 0 Å². The number of ether oxygens (including phenoxy) is 1. The van der Waals surface area contributed by atoms with Crippen LogP contribution in [0.2, 0.25) is 5.02 Å². The molecule has 2 unspecified atom stereocenters. The summed E-state index contributed by atoms with van der Waals surface area (Å²) in [4.78, 5) is 14.3. The van der Waals surface area contributed by atoms with Crippen LogP contribution >= 0.6 is 11.6 Å². The second-order valence-electron chi connectivity index (χ2n) is 5.88. The number of carbonyl (C=O) groups is 1. The highest BCUT2D eigenvalue weighted by Gasteiger charge is 2.25. The third-order valence-electron chi connectivity index (χ3n) is 3.91. The topological polar surface area (TPSA) is 47.4 Å². The molecule has 22 heavy (non-hydrogen) atoms. The lowest BCUT2D eigenvalue weighted by atomic mass is 10.2. The molecule has 1 saturated heterocycles. The van der Waals surface area contributed by atoms with E-state index in [0.29, 0.717) is 31.1 Å². The Morgan fingerprint density at radius 2 is 2.09 bits per heavy atom. The highest BCUT2D eigenvalue weighted by atomic mass is 35.5. The summed E-state index contributed by atoms with van der Waals surface area (Å²) in [5.74, 6) is 0.152. The van der Waals surface area contributed by atoms with Gasteiger partial charge in [-0.3, -0.25) is 9.48 Å². The molecule has 3 rings (SSSR count). The summed E-state index contributed by atoms with van der Waals surface area (Å²) in [6.07, 6.45) is 2.42. The van der Waals surface area contributed by atoms with E-state index in [2.05, 4.69) is 5.10 Å². The van der Waals surface area contributed by atoms with Gasteiger partial charge in [0.25, 0.3) is 0 Å². The van der Waals surface area contributed by atoms with E-state index in [1.165, 1.54) is 0 Å². The van der Waals surface area contributed by atoms with Gasteiger partial charge in [-0.05, 0) is 32.0 Å². The maximum absolute atomic E-state index is 12.4. The fourth-order valence-electron chi connectivity index (χ4n) is 2.98. The van der Waals surface area contributed by atoms with Crippen molar-refractivity contribution in [3.63, 3.8) is 0 Å². The van der Waals surface area contributed by atoms with Crippen LogP contribution in [0, 0.1) is 0 Å². The van der Waals surface area contributed by atoms with Crippen molar-refractivity contribution in [3.8, 4) is 0 Å². The summed E-state index contributed by atoms with van der Waals surface area (Å²) in [6.45, 7) is 5.91. The Morgan fingerprint density at radius 3 is 2.82 bits per heavy atom. The lowest BCUT2D eigenvalue weighted by Crippen LogP contribution is -2.48. The molecule has 6 heteroatoms. The number of hydrogen-bond donors (Lipinski definition) is 0. The fourth-order valence-corrected chi connectivity index (χ4v) is 3.16. The Morgan fingerprint density at radius 1 is 1.36 bits per heavy atom. The van der Waals surface area contributed by atoms with E-state index < -0.39 is 0 Å². The zero-order chi connectivity index (χ0) is 15.7. The molecule has 1 aromatic heterocycles. The average molecular weight is 322 g/mol. The number of morpholine rings is 1. The summed E-state index contributed by atoms with van der Waals surface area (Å²) >= 11 is 5.97. The zero-order valence-electron chi connectivity index (χ0n) is 12.8. The lowest BCUT2D eigenvalue weighted by Gasteiger charge is -2.35. The number of amides is 1. The molecule has 1 aromatic carbocycles. The SMILES string of the molecule is CC1CN(C(=O)CCn2ncc3cc(Cl)ccc32)CC(C)O1. The first-order valence-electron chi connectivity index (χ1n) is 7.57. The minimum Gasteiger partial charge on any atom is -0.372 e. The largest absolute Gasteiger partial charge is 0.372 e. The maximum atomic E-state index is 12.4. The van der Waals surface area contributed by atoms with Gasteiger partial charge in [-0.15, -0.1) is 0 Å². The number of fused-ring (bicyclic) bond motifs is 1. The third-order valence-corrected chi connectivity index (χ3v) is 4.15. The summed E-state index contributed by atoms with van der Waals surface area (Å²) in [5, 5.41) is 6.03. The molecule has 0 saturated carbocycles. The van der Waals surface area contributed by atoms with Crippen LogP contribution in [0.15, 0.2) is 24.4 Å². The van der Waals surface area contributed by atoms with Gasteiger partial charge in [0.05, 0.1) is 30.5 Å². The van der Waals surface area contributed by atoms with Crippen LogP contribution in [0.4, 0.5) is 0 Å². The van der Waals surface area contributed by atoms with Crippen molar-refractivity contribution in [2.75, 3.05) is 13.1 Å². The molecule has 2 heterocycles. The van der Waals surface area contributed by atoms with Crippen molar-refractivity contribution in [1.82, 2.24) is 14.7 Å². The molecule has 0 N–H and O–H groups in total. The first kappa shape index (κ1) is 15.3. The van der Waals surface area contributed by atoms with Crippen LogP contribution in [-0.4, -0.2) is 45.9 Å². The van der Waals surface area contributed by atoms with Gasteiger partial charge in [0, 0.05) is 29.9 Å². The van der Waals surface area contributed by atoms with E-state index in [-0.39, 0.29) is 18.1 Å². The predicted octanol–water partition coefficient (Wildman–Crippen LogP) is 2.72. The molecular weight excluding hydrogens is 302 g/mol. The van der Waals surface area contributed by atoms with Crippen LogP contribution < -0.4 is 0 Å². The Kier molecular flexibility index (Phi) is 4.36. The van der Waals surface area contributed by atoms with Gasteiger partial charge in [-0.1, -0.05) is 11.6 Å². The average Bonchev–Trinajstić information content (AvgIpc) is 2.85. The molecule has 1 fully saturated rings. The van der Waals surface area contributed by atoms with Crippen molar-refractivity contribution in [2.24, 2.45) is 0 Å². The monoisotopic (exact) mass is 321 g/mol. The molecule has 0 bridgehead atoms. The normalized spacial score (nSPS) is 22.2. The molecule has 1 amide bonds. The Balaban J connectivity index is 1.65. The molecule has 0 aliphatic carbocycles. The first-order chi connectivity index (χ1) is 10.5. The van der Waals surface area contributed by atoms with Crippen LogP contribution in [0.25, 0.3) is 10.9 Å². The molecule has 118 valence electrons. The van der Waals surface area contributed by atoms with Crippen LogP contribution in [-0.2, 0) is 16.1 Å². The molecule has 2 aromatic rings. The number of aromatic nitrogens is 2. The van der Waals surface area contributed by atoms with Gasteiger partial charge in [0.1, 0.15) is 0 Å². The minimum absolute atomic E-state index is 0.0976. The number of rotatable bonds is 3. The zero-order valence-corrected chi connectivity index (χ0v) is 13.6. The van der Waals surface area contributed by atoms with E-state index in [0.717, 1.165) is 10.9 Å². The molecule has 0 radical (unpaired) electrons. The van der Waals surface area contributed by atoms with Gasteiger partial charge in [0.2, 0.25) is 5.91 Å². The summed E-state index contributed by atoms with van der Waals surface area (Å²) < 4.78 is 7.52. The maximum Gasteiger partial charge on any atom is 0.224 e. The van der Waals surface area contributed by atoms with E-state index in [1.54, 1.807) is 6.20 Å². The lowest BCUT2D eigenvalue weighted by molar-refractivity contribution is -0.143. The van der Waals surface area contributed by atoms with Crippen LogP contribution in [0.3, 0.4) is 0 Å². The van der Waals surface area contributed by atoms with E-state index in [9.17, 15) is 4.79 Å². The Labute approximate surface area is 134 Å².